The second-order valence-corrected chi connectivity index (χ2v) is 9.38. The first-order valence-electron chi connectivity index (χ1n) is 10.2. The first-order valence-corrected chi connectivity index (χ1v) is 11.4. The highest BCUT2D eigenvalue weighted by molar-refractivity contribution is 7.15. The van der Waals surface area contributed by atoms with Gasteiger partial charge in [-0.1, -0.05) is 16.8 Å². The van der Waals surface area contributed by atoms with Gasteiger partial charge in [0.2, 0.25) is 5.91 Å². The first kappa shape index (κ1) is 20.7. The number of thiophene rings is 1. The molecular formula is C23H19ClN4O3S. The van der Waals surface area contributed by atoms with E-state index in [0.29, 0.717) is 57.4 Å². The lowest BCUT2D eigenvalue weighted by atomic mass is 10.1. The smallest absolute Gasteiger partial charge is 0.259 e. The number of halogens is 1. The maximum atomic E-state index is 13.4. The molecule has 1 aliphatic rings. The molecule has 5 rings (SSSR count). The largest absolute Gasteiger partial charge is 0.335 e. The quantitative estimate of drug-likeness (QED) is 0.423. The Bertz CT molecular complexity index is 1380. The van der Waals surface area contributed by atoms with Crippen LogP contribution < -0.4 is 10.2 Å². The molecule has 1 N–H and O–H groups in total. The van der Waals surface area contributed by atoms with Gasteiger partial charge in [-0.25, -0.2) is 4.98 Å². The van der Waals surface area contributed by atoms with Crippen molar-refractivity contribution in [2.45, 2.75) is 26.7 Å². The van der Waals surface area contributed by atoms with Crippen LogP contribution in [0.3, 0.4) is 0 Å². The normalized spacial score (nSPS) is 13.8. The number of rotatable bonds is 4. The number of carbonyl (C=O) groups excluding carboxylic acids is 2. The van der Waals surface area contributed by atoms with Crippen molar-refractivity contribution in [3.05, 3.63) is 57.6 Å². The third-order valence-corrected chi connectivity index (χ3v) is 6.79. The summed E-state index contributed by atoms with van der Waals surface area (Å²) in [5.74, 6) is -0.290. The molecular weight excluding hydrogens is 448 g/mol. The van der Waals surface area contributed by atoms with Gasteiger partial charge < -0.3 is 14.7 Å². The Hall–Kier alpha value is -3.23. The minimum Gasteiger partial charge on any atom is -0.335 e. The number of aromatic nitrogens is 2. The van der Waals surface area contributed by atoms with E-state index in [1.807, 2.05) is 19.1 Å². The highest BCUT2D eigenvalue weighted by Gasteiger charge is 2.24. The van der Waals surface area contributed by atoms with Crippen molar-refractivity contribution in [2.75, 3.05) is 16.8 Å². The van der Waals surface area contributed by atoms with E-state index in [9.17, 15) is 9.59 Å². The van der Waals surface area contributed by atoms with E-state index >= 15 is 0 Å². The van der Waals surface area contributed by atoms with Gasteiger partial charge in [0.25, 0.3) is 11.6 Å². The van der Waals surface area contributed by atoms with Crippen molar-refractivity contribution in [3.8, 4) is 10.6 Å². The van der Waals surface area contributed by atoms with E-state index in [0.717, 1.165) is 16.2 Å². The van der Waals surface area contributed by atoms with Crippen LogP contribution in [0.25, 0.3) is 21.7 Å². The number of fused-ring (bicyclic) bond motifs is 1. The number of carbonyl (C=O) groups is 2. The topological polar surface area (TPSA) is 88.3 Å². The van der Waals surface area contributed by atoms with Crippen molar-refractivity contribution < 1.29 is 14.1 Å². The lowest BCUT2D eigenvalue weighted by Gasteiger charge is -2.18. The number of nitrogens with one attached hydrogen (secondary N) is 1. The zero-order valence-electron chi connectivity index (χ0n) is 17.4. The molecule has 1 aliphatic heterocycles. The zero-order chi connectivity index (χ0) is 22.4. The summed E-state index contributed by atoms with van der Waals surface area (Å²) >= 11 is 7.95. The summed E-state index contributed by atoms with van der Waals surface area (Å²) in [7, 11) is 0. The van der Waals surface area contributed by atoms with Crippen LogP contribution in [-0.4, -0.2) is 28.5 Å². The number of nitrogens with zero attached hydrogens (tertiary/aromatic N) is 3. The van der Waals surface area contributed by atoms with Crippen molar-refractivity contribution in [3.63, 3.8) is 0 Å². The molecule has 2 amide bonds. The highest BCUT2D eigenvalue weighted by atomic mass is 35.5. The second-order valence-electron chi connectivity index (χ2n) is 7.68. The van der Waals surface area contributed by atoms with Crippen LogP contribution in [-0.2, 0) is 4.79 Å². The van der Waals surface area contributed by atoms with Crippen LogP contribution >= 0.6 is 22.9 Å². The molecule has 0 unspecified atom stereocenters. The molecule has 4 aromatic rings. The van der Waals surface area contributed by atoms with Crippen LogP contribution in [0, 0.1) is 13.8 Å². The monoisotopic (exact) mass is 466 g/mol. The molecule has 162 valence electrons. The molecule has 4 heterocycles. The molecule has 0 aliphatic carbocycles. The number of hydrogen-bond donors (Lipinski definition) is 1. The predicted octanol–water partition coefficient (Wildman–Crippen LogP) is 5.60. The molecule has 0 spiro atoms. The molecule has 0 saturated carbocycles. The number of amides is 2. The Kier molecular flexibility index (Phi) is 5.19. The van der Waals surface area contributed by atoms with Crippen LogP contribution in [0.1, 0.15) is 33.8 Å². The highest BCUT2D eigenvalue weighted by Crippen LogP contribution is 2.33. The summed E-state index contributed by atoms with van der Waals surface area (Å²) in [5.41, 5.74) is 3.06. The summed E-state index contributed by atoms with van der Waals surface area (Å²) in [6.07, 6.45) is 1.34. The molecule has 0 atom stereocenters. The third kappa shape index (κ3) is 3.65. The van der Waals surface area contributed by atoms with E-state index in [2.05, 4.69) is 15.5 Å². The summed E-state index contributed by atoms with van der Waals surface area (Å²) in [4.78, 5) is 33.8. The SMILES string of the molecule is Cc1ccc(-c2cc(C(=O)Nc3cc(N4CCCC4=O)ccc3Cl)c3c(C)noc3n2)s1. The Labute approximate surface area is 193 Å². The Balaban J connectivity index is 1.54. The number of pyridine rings is 1. The molecule has 1 aromatic carbocycles. The molecule has 9 heteroatoms. The maximum absolute atomic E-state index is 13.4. The van der Waals surface area contributed by atoms with Crippen molar-refractivity contribution in [1.82, 2.24) is 10.1 Å². The molecule has 32 heavy (non-hydrogen) atoms. The fourth-order valence-corrected chi connectivity index (χ4v) is 4.85. The molecule has 7 nitrogen and oxygen atoms in total. The van der Waals surface area contributed by atoms with Gasteiger partial charge in [0.15, 0.2) is 0 Å². The fourth-order valence-electron chi connectivity index (χ4n) is 3.86. The van der Waals surface area contributed by atoms with E-state index in [1.165, 1.54) is 0 Å². The average Bonchev–Trinajstić information content (AvgIpc) is 3.49. The summed E-state index contributed by atoms with van der Waals surface area (Å²) in [6, 6.07) is 10.9. The molecule has 1 saturated heterocycles. The summed E-state index contributed by atoms with van der Waals surface area (Å²) in [5, 5.41) is 7.83. The van der Waals surface area contributed by atoms with Crippen LogP contribution in [0.15, 0.2) is 40.9 Å². The van der Waals surface area contributed by atoms with Crippen LogP contribution in [0.5, 0.6) is 0 Å². The van der Waals surface area contributed by atoms with Crippen molar-refractivity contribution in [1.29, 1.82) is 0 Å². The minimum atomic E-state index is -0.356. The lowest BCUT2D eigenvalue weighted by Crippen LogP contribution is -2.24. The maximum Gasteiger partial charge on any atom is 0.259 e. The third-order valence-electron chi connectivity index (χ3n) is 5.44. The predicted molar refractivity (Wildman–Crippen MR) is 126 cm³/mol. The molecule has 3 aromatic heterocycles. The molecule has 0 radical (unpaired) electrons. The second kappa shape index (κ2) is 8.03. The fraction of sp³-hybridized carbons (Fsp3) is 0.217. The van der Waals surface area contributed by atoms with Gasteiger partial charge in [0, 0.05) is 23.5 Å². The van der Waals surface area contributed by atoms with Crippen molar-refractivity contribution >= 4 is 57.2 Å². The Morgan fingerprint density at radius 1 is 1.22 bits per heavy atom. The minimum absolute atomic E-state index is 0.0661. The van der Waals surface area contributed by atoms with E-state index < -0.39 is 0 Å². The van der Waals surface area contributed by atoms with Crippen LogP contribution in [0.2, 0.25) is 5.02 Å². The standard InChI is InChI=1S/C23H19ClN4O3S/c1-12-5-8-19(32-12)18-11-15(21-13(2)27-31-23(21)26-18)22(30)25-17-10-14(6-7-16(17)24)28-9-3-4-20(28)29/h5-8,10-11H,3-4,9H2,1-2H3,(H,25,30). The summed E-state index contributed by atoms with van der Waals surface area (Å²) in [6.45, 7) is 4.44. The number of benzene rings is 1. The van der Waals surface area contributed by atoms with Gasteiger partial charge in [0.05, 0.1) is 37.9 Å². The first-order chi connectivity index (χ1) is 15.4. The van der Waals surface area contributed by atoms with E-state index in [-0.39, 0.29) is 11.8 Å². The number of aryl methyl sites for hydroxylation is 2. The summed E-state index contributed by atoms with van der Waals surface area (Å²) < 4.78 is 5.37. The average molecular weight is 467 g/mol. The van der Waals surface area contributed by atoms with Crippen molar-refractivity contribution in [2.24, 2.45) is 0 Å². The number of anilines is 2. The van der Waals surface area contributed by atoms with Gasteiger partial charge in [-0.05, 0) is 56.7 Å². The number of hydrogen-bond acceptors (Lipinski definition) is 6. The zero-order valence-corrected chi connectivity index (χ0v) is 19.0. The van der Waals surface area contributed by atoms with Gasteiger partial charge in [-0.2, -0.15) is 0 Å². The Morgan fingerprint density at radius 3 is 2.78 bits per heavy atom. The lowest BCUT2D eigenvalue weighted by molar-refractivity contribution is -0.117. The van der Waals surface area contributed by atoms with E-state index in [1.54, 1.807) is 47.4 Å². The van der Waals surface area contributed by atoms with Crippen LogP contribution in [0.4, 0.5) is 11.4 Å². The van der Waals surface area contributed by atoms with Gasteiger partial charge in [-0.3, -0.25) is 9.59 Å². The van der Waals surface area contributed by atoms with Gasteiger partial charge in [-0.15, -0.1) is 11.3 Å². The van der Waals surface area contributed by atoms with Gasteiger partial charge >= 0.3 is 0 Å². The molecule has 0 bridgehead atoms. The van der Waals surface area contributed by atoms with E-state index in [4.69, 9.17) is 16.1 Å². The Morgan fingerprint density at radius 2 is 2.06 bits per heavy atom. The van der Waals surface area contributed by atoms with Gasteiger partial charge in [0.1, 0.15) is 0 Å². The molecule has 1 fully saturated rings.